The van der Waals surface area contributed by atoms with Gasteiger partial charge in [0.25, 0.3) is 0 Å². The van der Waals surface area contributed by atoms with E-state index in [1.165, 1.54) is 11.3 Å². The molecule has 0 bridgehead atoms. The van der Waals surface area contributed by atoms with Crippen LogP contribution in [0.2, 0.25) is 0 Å². The van der Waals surface area contributed by atoms with Gasteiger partial charge in [-0.15, -0.1) is 0 Å². The summed E-state index contributed by atoms with van der Waals surface area (Å²) in [6, 6.07) is 18.7. The number of para-hydroxylation sites is 1. The molecule has 3 nitrogen and oxygen atoms in total. The molecule has 1 unspecified atom stereocenters. The van der Waals surface area contributed by atoms with Crippen LogP contribution in [0.25, 0.3) is 6.08 Å². The molecule has 4 rings (SSSR count). The summed E-state index contributed by atoms with van der Waals surface area (Å²) in [5, 5.41) is 3.30. The van der Waals surface area contributed by atoms with E-state index in [4.69, 9.17) is 0 Å². The third-order valence-corrected chi connectivity index (χ3v) is 5.46. The second-order valence-electron chi connectivity index (χ2n) is 7.10. The first-order chi connectivity index (χ1) is 11.5. The number of benzene rings is 2. The minimum absolute atomic E-state index is 0.116. The Balaban J connectivity index is 1.86. The number of fused-ring (bicyclic) bond motifs is 3. The molecule has 1 amide bonds. The Labute approximate surface area is 143 Å². The standard InChI is InChI=1S/C21H22N2O/c1-20(2)17-10-6-7-11-18(17)23-15-13-19(24)22-21(20,23)14-12-16-8-4-3-5-9-16/h3-12,14H,13,15H2,1-2H3,(H,22,24)/b14-12+. The Bertz CT molecular complexity index is 810. The first kappa shape index (κ1) is 15.0. The number of rotatable bonds is 2. The van der Waals surface area contributed by atoms with Gasteiger partial charge in [-0.1, -0.05) is 68.5 Å². The highest BCUT2D eigenvalue weighted by Gasteiger charge is 2.57. The lowest BCUT2D eigenvalue weighted by atomic mass is 9.74. The van der Waals surface area contributed by atoms with Crippen LogP contribution < -0.4 is 10.2 Å². The minimum Gasteiger partial charge on any atom is -0.344 e. The molecule has 1 saturated heterocycles. The molecule has 0 spiro atoms. The molecule has 0 saturated carbocycles. The number of hydrogen-bond donors (Lipinski definition) is 1. The van der Waals surface area contributed by atoms with Gasteiger partial charge in [0.05, 0.1) is 0 Å². The third-order valence-electron chi connectivity index (χ3n) is 5.46. The molecule has 2 aromatic rings. The summed E-state index contributed by atoms with van der Waals surface area (Å²) in [4.78, 5) is 14.6. The molecule has 0 aliphatic carbocycles. The second-order valence-corrected chi connectivity index (χ2v) is 7.10. The Morgan fingerprint density at radius 2 is 1.75 bits per heavy atom. The van der Waals surface area contributed by atoms with Crippen molar-refractivity contribution in [1.29, 1.82) is 0 Å². The van der Waals surface area contributed by atoms with Crippen molar-refractivity contribution in [1.82, 2.24) is 5.32 Å². The van der Waals surface area contributed by atoms with Crippen LogP contribution >= 0.6 is 0 Å². The normalized spacial score (nSPS) is 24.6. The summed E-state index contributed by atoms with van der Waals surface area (Å²) in [5.41, 5.74) is 2.90. The van der Waals surface area contributed by atoms with Crippen LogP contribution in [0.4, 0.5) is 5.69 Å². The van der Waals surface area contributed by atoms with Gasteiger partial charge in [0.2, 0.25) is 5.91 Å². The van der Waals surface area contributed by atoms with Crippen LogP contribution in [0.5, 0.6) is 0 Å². The molecule has 2 heterocycles. The lowest BCUT2D eigenvalue weighted by molar-refractivity contribution is -0.124. The van der Waals surface area contributed by atoms with Gasteiger partial charge in [0, 0.05) is 24.1 Å². The Morgan fingerprint density at radius 1 is 1.04 bits per heavy atom. The van der Waals surface area contributed by atoms with Gasteiger partial charge in [-0.2, -0.15) is 0 Å². The molecule has 1 N–H and O–H groups in total. The van der Waals surface area contributed by atoms with Gasteiger partial charge < -0.3 is 10.2 Å². The van der Waals surface area contributed by atoms with Crippen LogP contribution in [0, 0.1) is 0 Å². The van der Waals surface area contributed by atoms with Crippen LogP contribution in [0.3, 0.4) is 0 Å². The fraction of sp³-hybridized carbons (Fsp3) is 0.286. The van der Waals surface area contributed by atoms with Gasteiger partial charge in [0.15, 0.2) is 0 Å². The zero-order valence-electron chi connectivity index (χ0n) is 14.1. The molecule has 3 heteroatoms. The van der Waals surface area contributed by atoms with E-state index in [-0.39, 0.29) is 11.3 Å². The summed E-state index contributed by atoms with van der Waals surface area (Å²) < 4.78 is 0. The zero-order chi connectivity index (χ0) is 16.8. The number of carbonyl (C=O) groups is 1. The molecule has 2 aliphatic rings. The highest BCUT2D eigenvalue weighted by molar-refractivity contribution is 5.84. The number of anilines is 1. The topological polar surface area (TPSA) is 32.3 Å². The lowest BCUT2D eigenvalue weighted by Crippen LogP contribution is -2.68. The zero-order valence-corrected chi connectivity index (χ0v) is 14.1. The molecular formula is C21H22N2O. The van der Waals surface area contributed by atoms with Crippen molar-refractivity contribution in [2.75, 3.05) is 11.4 Å². The van der Waals surface area contributed by atoms with Crippen molar-refractivity contribution in [3.63, 3.8) is 0 Å². The van der Waals surface area contributed by atoms with Gasteiger partial charge in [0.1, 0.15) is 5.66 Å². The van der Waals surface area contributed by atoms with E-state index in [9.17, 15) is 4.79 Å². The highest BCUT2D eigenvalue weighted by Crippen LogP contribution is 2.52. The smallest absolute Gasteiger partial charge is 0.223 e. The second kappa shape index (κ2) is 5.23. The summed E-state index contributed by atoms with van der Waals surface area (Å²) in [5.74, 6) is 0.116. The van der Waals surface area contributed by atoms with Gasteiger partial charge in [-0.05, 0) is 23.3 Å². The molecule has 122 valence electrons. The Morgan fingerprint density at radius 3 is 2.54 bits per heavy atom. The van der Waals surface area contributed by atoms with Gasteiger partial charge in [-0.3, -0.25) is 4.79 Å². The van der Waals surface area contributed by atoms with Crippen molar-refractivity contribution < 1.29 is 4.79 Å². The van der Waals surface area contributed by atoms with E-state index in [2.05, 4.69) is 72.6 Å². The lowest BCUT2D eigenvalue weighted by Gasteiger charge is -2.49. The quantitative estimate of drug-likeness (QED) is 0.915. The van der Waals surface area contributed by atoms with Crippen molar-refractivity contribution in [2.24, 2.45) is 0 Å². The van der Waals surface area contributed by atoms with Crippen molar-refractivity contribution in [3.8, 4) is 0 Å². The molecule has 2 aromatic carbocycles. The highest BCUT2D eigenvalue weighted by atomic mass is 16.2. The van der Waals surface area contributed by atoms with Crippen LogP contribution in [0.15, 0.2) is 60.7 Å². The fourth-order valence-corrected chi connectivity index (χ4v) is 4.10. The summed E-state index contributed by atoms with van der Waals surface area (Å²) in [6.07, 6.45) is 4.82. The maximum atomic E-state index is 12.3. The first-order valence-corrected chi connectivity index (χ1v) is 8.47. The molecule has 24 heavy (non-hydrogen) atoms. The number of carbonyl (C=O) groups excluding carboxylic acids is 1. The number of nitrogens with zero attached hydrogens (tertiary/aromatic N) is 1. The Hall–Kier alpha value is -2.55. The van der Waals surface area contributed by atoms with E-state index in [0.29, 0.717) is 6.42 Å². The van der Waals surface area contributed by atoms with E-state index < -0.39 is 5.66 Å². The fourth-order valence-electron chi connectivity index (χ4n) is 4.10. The van der Waals surface area contributed by atoms with Crippen LogP contribution in [0.1, 0.15) is 31.4 Å². The Kier molecular flexibility index (Phi) is 3.27. The first-order valence-electron chi connectivity index (χ1n) is 8.47. The van der Waals surface area contributed by atoms with Gasteiger partial charge >= 0.3 is 0 Å². The molecular weight excluding hydrogens is 296 g/mol. The van der Waals surface area contributed by atoms with E-state index >= 15 is 0 Å². The average molecular weight is 318 g/mol. The number of nitrogens with one attached hydrogen (secondary N) is 1. The van der Waals surface area contributed by atoms with Crippen LogP contribution in [-0.2, 0) is 10.2 Å². The number of amides is 1. The van der Waals surface area contributed by atoms with E-state index in [1.807, 2.05) is 18.2 Å². The average Bonchev–Trinajstić information content (AvgIpc) is 2.79. The third kappa shape index (κ3) is 2.01. The van der Waals surface area contributed by atoms with Crippen molar-refractivity contribution >= 4 is 17.7 Å². The molecule has 0 radical (unpaired) electrons. The molecule has 1 atom stereocenters. The predicted molar refractivity (Wildman–Crippen MR) is 97.8 cm³/mol. The molecule has 1 fully saturated rings. The van der Waals surface area contributed by atoms with Crippen LogP contribution in [-0.4, -0.2) is 18.1 Å². The van der Waals surface area contributed by atoms with E-state index in [0.717, 1.165) is 12.1 Å². The van der Waals surface area contributed by atoms with Crippen molar-refractivity contribution in [3.05, 3.63) is 71.8 Å². The maximum Gasteiger partial charge on any atom is 0.223 e. The minimum atomic E-state index is -0.526. The summed E-state index contributed by atoms with van der Waals surface area (Å²) in [6.45, 7) is 5.17. The monoisotopic (exact) mass is 318 g/mol. The van der Waals surface area contributed by atoms with Gasteiger partial charge in [-0.25, -0.2) is 0 Å². The summed E-state index contributed by atoms with van der Waals surface area (Å²) >= 11 is 0. The summed E-state index contributed by atoms with van der Waals surface area (Å²) in [7, 11) is 0. The molecule has 2 aliphatic heterocycles. The molecule has 0 aromatic heterocycles. The van der Waals surface area contributed by atoms with Crippen molar-refractivity contribution in [2.45, 2.75) is 31.3 Å². The maximum absolute atomic E-state index is 12.3. The number of hydrogen-bond acceptors (Lipinski definition) is 2. The predicted octanol–water partition coefficient (Wildman–Crippen LogP) is 3.71. The van der Waals surface area contributed by atoms with E-state index in [1.54, 1.807) is 0 Å². The SMILES string of the molecule is CC1(C)c2ccccc2N2CCC(=O)NC21/C=C/c1ccccc1. The largest absolute Gasteiger partial charge is 0.344 e.